The molecule has 2 rings (SSSR count). The quantitative estimate of drug-likeness (QED) is 0.589. The normalized spacial score (nSPS) is 9.50. The van der Waals surface area contributed by atoms with Crippen LogP contribution in [0.15, 0.2) is 69.4 Å². The molecule has 0 atom stereocenters. The van der Waals surface area contributed by atoms with Gasteiger partial charge in [-0.25, -0.2) is 4.79 Å². The van der Waals surface area contributed by atoms with Gasteiger partial charge in [0.1, 0.15) is 0 Å². The second-order valence-electron chi connectivity index (χ2n) is 3.11. The van der Waals surface area contributed by atoms with E-state index in [1.54, 1.807) is 23.9 Å². The summed E-state index contributed by atoms with van der Waals surface area (Å²) in [5, 5.41) is 0. The minimum absolute atomic E-state index is 0.632. The molecule has 0 N–H and O–H groups in total. The van der Waals surface area contributed by atoms with Gasteiger partial charge in [0, 0.05) is 9.79 Å². The van der Waals surface area contributed by atoms with Crippen LogP contribution in [0.25, 0.3) is 0 Å². The van der Waals surface area contributed by atoms with Gasteiger partial charge in [0.25, 0.3) is 0 Å². The van der Waals surface area contributed by atoms with E-state index in [0.29, 0.717) is 5.69 Å². The Balaban J connectivity index is 2.14. The molecule has 0 amide bonds. The molecule has 2 nitrogen and oxygen atoms in total. The zero-order valence-electron chi connectivity index (χ0n) is 8.46. The third-order valence-electron chi connectivity index (χ3n) is 1.99. The van der Waals surface area contributed by atoms with Crippen LogP contribution in [0.3, 0.4) is 0 Å². The lowest BCUT2D eigenvalue weighted by Gasteiger charge is -2.00. The molecule has 0 saturated heterocycles. The Bertz CT molecular complexity index is 501. The number of aliphatic imine (C=N–C) groups is 1. The van der Waals surface area contributed by atoms with Crippen molar-refractivity contribution >= 4 is 23.5 Å². The molecule has 0 heterocycles. The standard InChI is InChI=1S/C13H9NOS/c15-10-14-11-6-8-13(9-7-11)16-12-4-2-1-3-5-12/h1-9H. The summed E-state index contributed by atoms with van der Waals surface area (Å²) in [6.07, 6.45) is 1.52. The molecular formula is C13H9NOS. The molecule has 0 fully saturated rings. The molecule has 3 heteroatoms. The van der Waals surface area contributed by atoms with Crippen molar-refractivity contribution < 1.29 is 4.79 Å². The summed E-state index contributed by atoms with van der Waals surface area (Å²) < 4.78 is 0. The average Bonchev–Trinajstić information content (AvgIpc) is 2.33. The number of rotatable bonds is 3. The second-order valence-corrected chi connectivity index (χ2v) is 4.26. The predicted molar refractivity (Wildman–Crippen MR) is 64.8 cm³/mol. The highest BCUT2D eigenvalue weighted by atomic mass is 32.2. The van der Waals surface area contributed by atoms with Crippen molar-refractivity contribution in [3.8, 4) is 0 Å². The fourth-order valence-electron chi connectivity index (χ4n) is 1.27. The molecule has 2 aromatic carbocycles. The summed E-state index contributed by atoms with van der Waals surface area (Å²) >= 11 is 1.67. The average molecular weight is 227 g/mol. The van der Waals surface area contributed by atoms with Crippen molar-refractivity contribution in [2.75, 3.05) is 0 Å². The molecule has 0 aliphatic carbocycles. The molecular weight excluding hydrogens is 218 g/mol. The minimum atomic E-state index is 0.632. The Hall–Kier alpha value is -1.83. The summed E-state index contributed by atoms with van der Waals surface area (Å²) in [4.78, 5) is 15.9. The maximum atomic E-state index is 10.1. The molecule has 0 spiro atoms. The van der Waals surface area contributed by atoms with Gasteiger partial charge in [-0.15, -0.1) is 0 Å². The van der Waals surface area contributed by atoms with Crippen LogP contribution in [0.1, 0.15) is 0 Å². The first-order valence-corrected chi connectivity index (χ1v) is 5.61. The van der Waals surface area contributed by atoms with Crippen LogP contribution in [0.4, 0.5) is 5.69 Å². The van der Waals surface area contributed by atoms with Crippen LogP contribution in [-0.4, -0.2) is 6.08 Å². The summed E-state index contributed by atoms with van der Waals surface area (Å²) in [5.74, 6) is 0. The highest BCUT2D eigenvalue weighted by Crippen LogP contribution is 2.28. The summed E-state index contributed by atoms with van der Waals surface area (Å²) in [6, 6.07) is 17.6. The Kier molecular flexibility index (Phi) is 3.54. The summed E-state index contributed by atoms with van der Waals surface area (Å²) in [6.45, 7) is 0. The smallest absolute Gasteiger partial charge is 0.211 e. The SMILES string of the molecule is O=C=Nc1ccc(Sc2ccccc2)cc1. The van der Waals surface area contributed by atoms with Gasteiger partial charge >= 0.3 is 0 Å². The van der Waals surface area contributed by atoms with Crippen LogP contribution in [0.2, 0.25) is 0 Å². The molecule has 78 valence electrons. The number of hydrogen-bond donors (Lipinski definition) is 0. The third kappa shape index (κ3) is 2.83. The highest BCUT2D eigenvalue weighted by molar-refractivity contribution is 7.99. The van der Waals surface area contributed by atoms with Crippen molar-refractivity contribution in [3.05, 3.63) is 54.6 Å². The van der Waals surface area contributed by atoms with E-state index in [2.05, 4.69) is 17.1 Å². The molecule has 0 radical (unpaired) electrons. The van der Waals surface area contributed by atoms with Gasteiger partial charge in [-0.05, 0) is 36.4 Å². The maximum Gasteiger partial charge on any atom is 0.240 e. The van der Waals surface area contributed by atoms with Gasteiger partial charge in [0.2, 0.25) is 6.08 Å². The first kappa shape index (κ1) is 10.7. The molecule has 0 aromatic heterocycles. The number of nitrogens with zero attached hydrogens (tertiary/aromatic N) is 1. The van der Waals surface area contributed by atoms with Gasteiger partial charge in [-0.3, -0.25) is 0 Å². The molecule has 0 bridgehead atoms. The van der Waals surface area contributed by atoms with Crippen LogP contribution in [0, 0.1) is 0 Å². The van der Waals surface area contributed by atoms with Crippen molar-refractivity contribution in [2.24, 2.45) is 4.99 Å². The number of isocyanates is 1. The van der Waals surface area contributed by atoms with E-state index in [4.69, 9.17) is 0 Å². The first-order chi connectivity index (χ1) is 7.88. The predicted octanol–water partition coefficient (Wildman–Crippen LogP) is 3.81. The van der Waals surface area contributed by atoms with Crippen LogP contribution in [0.5, 0.6) is 0 Å². The Morgan fingerprint density at radius 1 is 0.875 bits per heavy atom. The van der Waals surface area contributed by atoms with E-state index >= 15 is 0 Å². The largest absolute Gasteiger partial charge is 0.240 e. The Morgan fingerprint density at radius 3 is 2.12 bits per heavy atom. The van der Waals surface area contributed by atoms with Crippen LogP contribution >= 0.6 is 11.8 Å². The zero-order valence-corrected chi connectivity index (χ0v) is 9.28. The number of benzene rings is 2. The monoisotopic (exact) mass is 227 g/mol. The Labute approximate surface area is 98.0 Å². The van der Waals surface area contributed by atoms with Crippen LogP contribution < -0.4 is 0 Å². The van der Waals surface area contributed by atoms with Gasteiger partial charge in [-0.2, -0.15) is 4.99 Å². The molecule has 0 saturated carbocycles. The molecule has 0 unspecified atom stereocenters. The molecule has 2 aromatic rings. The molecule has 0 aliphatic heterocycles. The van der Waals surface area contributed by atoms with Gasteiger partial charge in [-0.1, -0.05) is 30.0 Å². The van der Waals surface area contributed by atoms with E-state index in [-0.39, 0.29) is 0 Å². The van der Waals surface area contributed by atoms with Crippen molar-refractivity contribution in [1.82, 2.24) is 0 Å². The number of carbonyl (C=O) groups excluding carboxylic acids is 1. The van der Waals surface area contributed by atoms with Gasteiger partial charge < -0.3 is 0 Å². The van der Waals surface area contributed by atoms with E-state index < -0.39 is 0 Å². The van der Waals surface area contributed by atoms with E-state index in [1.165, 1.54) is 11.0 Å². The maximum absolute atomic E-state index is 10.1. The van der Waals surface area contributed by atoms with Crippen molar-refractivity contribution in [3.63, 3.8) is 0 Å². The zero-order chi connectivity index (χ0) is 11.2. The highest BCUT2D eigenvalue weighted by Gasteiger charge is 1.96. The first-order valence-electron chi connectivity index (χ1n) is 4.79. The molecule has 0 aliphatic rings. The second kappa shape index (κ2) is 5.31. The topological polar surface area (TPSA) is 29.4 Å². The van der Waals surface area contributed by atoms with Crippen LogP contribution in [-0.2, 0) is 4.79 Å². The summed E-state index contributed by atoms with van der Waals surface area (Å²) in [7, 11) is 0. The van der Waals surface area contributed by atoms with E-state index in [9.17, 15) is 4.79 Å². The Morgan fingerprint density at radius 2 is 1.50 bits per heavy atom. The lowest BCUT2D eigenvalue weighted by Crippen LogP contribution is -1.72. The lowest BCUT2D eigenvalue weighted by atomic mass is 10.3. The van der Waals surface area contributed by atoms with Gasteiger partial charge in [0.15, 0.2) is 0 Å². The fourth-order valence-corrected chi connectivity index (χ4v) is 2.10. The fraction of sp³-hybridized carbons (Fsp3) is 0. The molecule has 16 heavy (non-hydrogen) atoms. The van der Waals surface area contributed by atoms with Gasteiger partial charge in [0.05, 0.1) is 5.69 Å². The minimum Gasteiger partial charge on any atom is -0.211 e. The van der Waals surface area contributed by atoms with E-state index in [0.717, 1.165) is 4.90 Å². The van der Waals surface area contributed by atoms with Crippen molar-refractivity contribution in [2.45, 2.75) is 9.79 Å². The third-order valence-corrected chi connectivity index (χ3v) is 3.01. The number of hydrogen-bond acceptors (Lipinski definition) is 3. The lowest BCUT2D eigenvalue weighted by molar-refractivity contribution is 0.565. The van der Waals surface area contributed by atoms with Crippen molar-refractivity contribution in [1.29, 1.82) is 0 Å². The summed E-state index contributed by atoms with van der Waals surface area (Å²) in [5.41, 5.74) is 0.632. The van der Waals surface area contributed by atoms with E-state index in [1.807, 2.05) is 30.3 Å².